The van der Waals surface area contributed by atoms with Crippen LogP contribution in [0.4, 0.5) is 0 Å². The summed E-state index contributed by atoms with van der Waals surface area (Å²) in [5, 5.41) is 0. The SMILES string of the molecule is CCCCCOC[Si](OC)(OC)OC. The summed E-state index contributed by atoms with van der Waals surface area (Å²) >= 11 is 0. The van der Waals surface area contributed by atoms with E-state index in [-0.39, 0.29) is 0 Å². The van der Waals surface area contributed by atoms with Gasteiger partial charge in [0.2, 0.25) is 0 Å². The van der Waals surface area contributed by atoms with E-state index in [0.717, 1.165) is 13.0 Å². The maximum atomic E-state index is 5.46. The molecule has 0 aliphatic rings. The molecule has 0 unspecified atom stereocenters. The molecular formula is C9H22O4Si. The molecule has 4 nitrogen and oxygen atoms in total. The standard InChI is InChI=1S/C9H22O4Si/c1-5-6-7-8-13-9-14(10-2,11-3)12-4/h5-9H2,1-4H3. The Balaban J connectivity index is 3.61. The summed E-state index contributed by atoms with van der Waals surface area (Å²) in [4.78, 5) is 0. The number of hydrogen-bond donors (Lipinski definition) is 0. The molecule has 0 fully saturated rings. The van der Waals surface area contributed by atoms with E-state index in [9.17, 15) is 0 Å². The second kappa shape index (κ2) is 8.37. The second-order valence-electron chi connectivity index (χ2n) is 3.06. The van der Waals surface area contributed by atoms with Gasteiger partial charge < -0.3 is 18.0 Å². The first-order chi connectivity index (χ1) is 6.74. The van der Waals surface area contributed by atoms with Crippen molar-refractivity contribution in [2.45, 2.75) is 26.2 Å². The summed E-state index contributed by atoms with van der Waals surface area (Å²) in [7, 11) is 2.28. The van der Waals surface area contributed by atoms with Crippen LogP contribution in [0.3, 0.4) is 0 Å². The second-order valence-corrected chi connectivity index (χ2v) is 5.93. The molecule has 0 atom stereocenters. The van der Waals surface area contributed by atoms with Crippen molar-refractivity contribution >= 4 is 8.80 Å². The Morgan fingerprint density at radius 3 is 1.93 bits per heavy atom. The Kier molecular flexibility index (Phi) is 8.41. The van der Waals surface area contributed by atoms with E-state index in [1.165, 1.54) is 12.8 Å². The van der Waals surface area contributed by atoms with Gasteiger partial charge in [0.15, 0.2) is 0 Å². The summed E-state index contributed by atoms with van der Waals surface area (Å²) in [6.45, 7) is 2.91. The minimum absolute atomic E-state index is 0.431. The van der Waals surface area contributed by atoms with Crippen LogP contribution in [0.2, 0.25) is 0 Å². The van der Waals surface area contributed by atoms with Gasteiger partial charge in [0.25, 0.3) is 0 Å². The summed E-state index contributed by atoms with van der Waals surface area (Å²) in [6.07, 6.45) is 3.91. The zero-order chi connectivity index (χ0) is 10.9. The van der Waals surface area contributed by atoms with Gasteiger partial charge in [-0.15, -0.1) is 0 Å². The fourth-order valence-electron chi connectivity index (χ4n) is 1.08. The van der Waals surface area contributed by atoms with Crippen molar-refractivity contribution in [1.29, 1.82) is 0 Å². The van der Waals surface area contributed by atoms with Gasteiger partial charge in [0.1, 0.15) is 6.23 Å². The van der Waals surface area contributed by atoms with Crippen molar-refractivity contribution in [1.82, 2.24) is 0 Å². The van der Waals surface area contributed by atoms with Crippen molar-refractivity contribution in [2.75, 3.05) is 34.2 Å². The lowest BCUT2D eigenvalue weighted by atomic mass is 10.3. The lowest BCUT2D eigenvalue weighted by Gasteiger charge is -2.23. The molecule has 0 aromatic rings. The van der Waals surface area contributed by atoms with Gasteiger partial charge in [-0.25, -0.2) is 0 Å². The number of rotatable bonds is 9. The van der Waals surface area contributed by atoms with E-state index in [1.54, 1.807) is 21.3 Å². The molecule has 0 amide bonds. The van der Waals surface area contributed by atoms with Crippen molar-refractivity contribution < 1.29 is 18.0 Å². The molecule has 0 heterocycles. The third kappa shape index (κ3) is 5.07. The van der Waals surface area contributed by atoms with Crippen LogP contribution in [0.15, 0.2) is 0 Å². The van der Waals surface area contributed by atoms with Crippen LogP contribution in [-0.4, -0.2) is 43.0 Å². The van der Waals surface area contributed by atoms with E-state index in [4.69, 9.17) is 18.0 Å². The Bertz CT molecular complexity index is 120. The highest BCUT2D eigenvalue weighted by Crippen LogP contribution is 2.06. The fourth-order valence-corrected chi connectivity index (χ4v) is 2.33. The van der Waals surface area contributed by atoms with E-state index < -0.39 is 8.80 Å². The predicted molar refractivity (Wildman–Crippen MR) is 57.1 cm³/mol. The molecule has 0 aromatic heterocycles. The molecule has 0 rings (SSSR count). The first kappa shape index (κ1) is 14.1. The Morgan fingerprint density at radius 1 is 0.929 bits per heavy atom. The topological polar surface area (TPSA) is 36.9 Å². The van der Waals surface area contributed by atoms with Crippen LogP contribution < -0.4 is 0 Å². The van der Waals surface area contributed by atoms with Crippen LogP contribution in [-0.2, 0) is 18.0 Å². The molecule has 0 saturated heterocycles. The van der Waals surface area contributed by atoms with Gasteiger partial charge in [-0.05, 0) is 6.42 Å². The average Bonchev–Trinajstić information content (AvgIpc) is 2.24. The highest BCUT2D eigenvalue weighted by atomic mass is 28.4. The molecule has 0 N–H and O–H groups in total. The molecule has 0 saturated carbocycles. The smallest absolute Gasteiger partial charge is 0.377 e. The number of unbranched alkanes of at least 4 members (excludes halogenated alkanes) is 2. The summed E-state index contributed by atoms with van der Waals surface area (Å²) < 4.78 is 21.1. The van der Waals surface area contributed by atoms with Gasteiger partial charge in [-0.3, -0.25) is 0 Å². The van der Waals surface area contributed by atoms with Gasteiger partial charge in [0, 0.05) is 27.9 Å². The molecule has 0 radical (unpaired) electrons. The molecule has 0 aliphatic carbocycles. The third-order valence-electron chi connectivity index (χ3n) is 2.10. The highest BCUT2D eigenvalue weighted by Gasteiger charge is 2.38. The van der Waals surface area contributed by atoms with E-state index in [0.29, 0.717) is 6.23 Å². The van der Waals surface area contributed by atoms with E-state index >= 15 is 0 Å². The normalized spacial score (nSPS) is 12.0. The van der Waals surface area contributed by atoms with Gasteiger partial charge in [0.05, 0.1) is 0 Å². The summed E-state index contributed by atoms with van der Waals surface area (Å²) in [6, 6.07) is 0. The van der Waals surface area contributed by atoms with Crippen LogP contribution in [0, 0.1) is 0 Å². The molecular weight excluding hydrogens is 200 g/mol. The van der Waals surface area contributed by atoms with Crippen molar-refractivity contribution in [3.63, 3.8) is 0 Å². The quantitative estimate of drug-likeness (QED) is 0.439. The monoisotopic (exact) mass is 222 g/mol. The van der Waals surface area contributed by atoms with Crippen LogP contribution in [0.25, 0.3) is 0 Å². The lowest BCUT2D eigenvalue weighted by molar-refractivity contribution is 0.0623. The zero-order valence-electron chi connectivity index (χ0n) is 9.67. The lowest BCUT2D eigenvalue weighted by Crippen LogP contribution is -2.48. The maximum Gasteiger partial charge on any atom is 0.527 e. The third-order valence-corrected chi connectivity index (χ3v) is 4.53. The predicted octanol–water partition coefficient (Wildman–Crippen LogP) is 1.61. The summed E-state index contributed by atoms with van der Waals surface area (Å²) in [5.41, 5.74) is 0. The summed E-state index contributed by atoms with van der Waals surface area (Å²) in [5.74, 6) is 0. The molecule has 0 bridgehead atoms. The molecule has 0 aliphatic heterocycles. The Labute approximate surface area is 87.9 Å². The molecule has 86 valence electrons. The van der Waals surface area contributed by atoms with Gasteiger partial charge >= 0.3 is 8.80 Å². The molecule has 0 aromatic carbocycles. The van der Waals surface area contributed by atoms with Gasteiger partial charge in [-0.2, -0.15) is 0 Å². The van der Waals surface area contributed by atoms with Crippen LogP contribution in [0.5, 0.6) is 0 Å². The highest BCUT2D eigenvalue weighted by molar-refractivity contribution is 6.60. The van der Waals surface area contributed by atoms with E-state index in [1.807, 2.05) is 0 Å². The molecule has 0 spiro atoms. The van der Waals surface area contributed by atoms with Crippen molar-refractivity contribution in [3.05, 3.63) is 0 Å². The average molecular weight is 222 g/mol. The van der Waals surface area contributed by atoms with Crippen LogP contribution in [0.1, 0.15) is 26.2 Å². The van der Waals surface area contributed by atoms with Crippen molar-refractivity contribution in [2.24, 2.45) is 0 Å². The van der Waals surface area contributed by atoms with Crippen LogP contribution >= 0.6 is 0 Å². The van der Waals surface area contributed by atoms with Gasteiger partial charge in [-0.1, -0.05) is 19.8 Å². The van der Waals surface area contributed by atoms with E-state index in [2.05, 4.69) is 6.92 Å². The minimum atomic E-state index is -2.50. The molecule has 14 heavy (non-hydrogen) atoms. The first-order valence-corrected chi connectivity index (χ1v) is 6.91. The maximum absolute atomic E-state index is 5.46. The Morgan fingerprint density at radius 2 is 1.50 bits per heavy atom. The van der Waals surface area contributed by atoms with Crippen molar-refractivity contribution in [3.8, 4) is 0 Å². The fraction of sp³-hybridized carbons (Fsp3) is 1.00. The zero-order valence-corrected chi connectivity index (χ0v) is 10.7. The molecule has 5 heteroatoms. The number of hydrogen-bond acceptors (Lipinski definition) is 4. The first-order valence-electron chi connectivity index (χ1n) is 4.98. The largest absolute Gasteiger partial charge is 0.527 e. The minimum Gasteiger partial charge on any atom is -0.377 e. The Hall–Kier alpha value is 0.0569. The number of ether oxygens (including phenoxy) is 1.